The lowest BCUT2D eigenvalue weighted by Gasteiger charge is -2.37. The summed E-state index contributed by atoms with van der Waals surface area (Å²) in [5, 5.41) is 9.31. The number of aromatic nitrogens is 10. The average molecular weight is 907 g/mol. The summed E-state index contributed by atoms with van der Waals surface area (Å²) in [5.74, 6) is 2.10. The third-order valence-corrected chi connectivity index (χ3v) is 12.4. The maximum Gasteiger partial charge on any atom is 0.348 e. The number of aryl methyl sites for hydroxylation is 4. The summed E-state index contributed by atoms with van der Waals surface area (Å²) in [5.41, 5.74) is -0.264. The van der Waals surface area contributed by atoms with E-state index in [0.29, 0.717) is 62.0 Å². The van der Waals surface area contributed by atoms with Gasteiger partial charge >= 0.3 is 22.8 Å². The molecule has 1 N–H and O–H groups in total. The van der Waals surface area contributed by atoms with Gasteiger partial charge < -0.3 is 37.9 Å². The number of methoxy groups -OCH3 is 4. The first kappa shape index (κ1) is 43.4. The molecule has 0 unspecified atom stereocenters. The van der Waals surface area contributed by atoms with Crippen LogP contribution >= 0.6 is 0 Å². The van der Waals surface area contributed by atoms with Gasteiger partial charge in [-0.2, -0.15) is 0 Å². The third kappa shape index (κ3) is 6.91. The van der Waals surface area contributed by atoms with E-state index in [0.717, 1.165) is 9.13 Å². The van der Waals surface area contributed by atoms with Crippen molar-refractivity contribution in [1.82, 2.24) is 47.0 Å². The molecule has 6 heterocycles. The largest absolute Gasteiger partial charge is 0.493 e. The summed E-state index contributed by atoms with van der Waals surface area (Å²) in [6.07, 6.45) is 1.64. The summed E-state index contributed by atoms with van der Waals surface area (Å²) in [6.45, 7) is -0.766. The molecule has 0 saturated heterocycles. The van der Waals surface area contributed by atoms with E-state index in [-0.39, 0.29) is 63.6 Å². The fraction of sp³-hybridized carbons (Fsp3) is 0.364. The molecule has 7 aromatic rings. The summed E-state index contributed by atoms with van der Waals surface area (Å²) < 4.78 is 37.4. The van der Waals surface area contributed by atoms with Gasteiger partial charge in [-0.3, -0.25) is 9.59 Å². The molecule has 0 bridgehead atoms. The van der Waals surface area contributed by atoms with Crippen molar-refractivity contribution in [3.8, 4) is 28.7 Å². The fourth-order valence-electron chi connectivity index (χ4n) is 9.03. The number of benzene rings is 3. The smallest absolute Gasteiger partial charge is 0.348 e. The molecule has 3 aromatic carbocycles. The second-order valence-corrected chi connectivity index (χ2v) is 15.8. The summed E-state index contributed by atoms with van der Waals surface area (Å²) in [7, 11) is 9.12. The molecule has 2 atom stereocenters. The fourth-order valence-corrected chi connectivity index (χ4v) is 9.03. The first-order chi connectivity index (χ1) is 31.8. The Kier molecular flexibility index (Phi) is 11.1. The Bertz CT molecular complexity index is 3490. The Hall–Kier alpha value is -7.88. The number of nitrogens with zero attached hydrogens (tertiary/aromatic N) is 10. The molecule has 4 aromatic heterocycles. The molecular formula is C44H46N10O12. The molecule has 0 fully saturated rings. The van der Waals surface area contributed by atoms with Crippen LogP contribution in [0.2, 0.25) is 0 Å². The molecule has 66 heavy (non-hydrogen) atoms. The minimum atomic E-state index is -0.925. The van der Waals surface area contributed by atoms with Gasteiger partial charge in [0.25, 0.3) is 11.1 Å². The lowest BCUT2D eigenvalue weighted by atomic mass is 9.90. The van der Waals surface area contributed by atoms with Gasteiger partial charge in [0.05, 0.1) is 76.2 Å². The van der Waals surface area contributed by atoms with Crippen LogP contribution in [-0.4, -0.2) is 93.7 Å². The summed E-state index contributed by atoms with van der Waals surface area (Å²) in [4.78, 5) is 93.8. The maximum atomic E-state index is 14.5. The number of allylic oxidation sites excluding steroid dienone is 2. The molecular weight excluding hydrogens is 861 g/mol. The molecule has 0 amide bonds. The van der Waals surface area contributed by atoms with Gasteiger partial charge in [-0.1, -0.05) is 18.2 Å². The van der Waals surface area contributed by atoms with E-state index in [1.165, 1.54) is 56.3 Å². The van der Waals surface area contributed by atoms with E-state index in [2.05, 4.69) is 9.97 Å². The quantitative estimate of drug-likeness (QED) is 0.143. The van der Waals surface area contributed by atoms with Crippen LogP contribution in [0.3, 0.4) is 0 Å². The molecule has 0 aliphatic carbocycles. The number of hydrogen-bond donors (Lipinski definition) is 1. The van der Waals surface area contributed by atoms with Gasteiger partial charge in [-0.15, -0.1) is 0 Å². The van der Waals surface area contributed by atoms with Gasteiger partial charge in [-0.05, 0) is 23.3 Å². The number of aliphatic hydroxyl groups excluding tert-OH is 1. The number of fused-ring (bicyclic) bond motifs is 6. The molecule has 2 aliphatic heterocycles. The second kappa shape index (κ2) is 16.9. The maximum absolute atomic E-state index is 14.5. The highest BCUT2D eigenvalue weighted by molar-refractivity contribution is 5.80. The Morgan fingerprint density at radius 3 is 1.62 bits per heavy atom. The minimum Gasteiger partial charge on any atom is -0.493 e. The van der Waals surface area contributed by atoms with Gasteiger partial charge in [0, 0.05) is 64.3 Å². The lowest BCUT2D eigenvalue weighted by molar-refractivity contribution is 0.201. The van der Waals surface area contributed by atoms with Crippen LogP contribution in [-0.2, 0) is 53.1 Å². The summed E-state index contributed by atoms with van der Waals surface area (Å²) >= 11 is 0. The lowest BCUT2D eigenvalue weighted by Crippen LogP contribution is -2.47. The highest BCUT2D eigenvalue weighted by Gasteiger charge is 2.41. The Morgan fingerprint density at radius 2 is 1.12 bits per heavy atom. The number of ether oxygens (including phenoxy) is 5. The first-order valence-corrected chi connectivity index (χ1v) is 20.9. The molecule has 344 valence electrons. The monoisotopic (exact) mass is 906 g/mol. The van der Waals surface area contributed by atoms with Gasteiger partial charge in [-0.25, -0.2) is 57.0 Å². The van der Waals surface area contributed by atoms with Crippen LogP contribution in [0.15, 0.2) is 88.9 Å². The molecule has 0 radical (unpaired) electrons. The normalized spacial score (nSPS) is 15.3. The van der Waals surface area contributed by atoms with E-state index in [1.807, 2.05) is 0 Å². The number of hydrogen-bond acceptors (Lipinski definition) is 14. The van der Waals surface area contributed by atoms with E-state index in [1.54, 1.807) is 68.7 Å². The van der Waals surface area contributed by atoms with E-state index >= 15 is 0 Å². The zero-order chi connectivity index (χ0) is 46.7. The van der Waals surface area contributed by atoms with E-state index in [9.17, 15) is 33.9 Å². The van der Waals surface area contributed by atoms with Crippen LogP contribution in [0.4, 0.5) is 0 Å². The van der Waals surface area contributed by atoms with Crippen molar-refractivity contribution in [2.45, 2.75) is 51.1 Å². The highest BCUT2D eigenvalue weighted by atomic mass is 16.5. The second-order valence-electron chi connectivity index (χ2n) is 15.8. The minimum absolute atomic E-state index is 0.0357. The number of rotatable bonds is 14. The Balaban J connectivity index is 1.09. The third-order valence-electron chi connectivity index (χ3n) is 12.4. The number of aliphatic hydroxyl groups is 1. The Labute approximate surface area is 372 Å². The van der Waals surface area contributed by atoms with Crippen molar-refractivity contribution in [1.29, 1.82) is 0 Å². The van der Waals surface area contributed by atoms with Gasteiger partial charge in [0.15, 0.2) is 23.0 Å². The topological polar surface area (TPSA) is 234 Å². The van der Waals surface area contributed by atoms with Crippen LogP contribution in [0, 0.1) is 0 Å². The molecule has 0 spiro atoms. The Morgan fingerprint density at radius 1 is 0.636 bits per heavy atom. The van der Waals surface area contributed by atoms with Crippen LogP contribution in [0.1, 0.15) is 29.0 Å². The van der Waals surface area contributed by atoms with Crippen molar-refractivity contribution in [3.63, 3.8) is 0 Å². The average Bonchev–Trinajstić information content (AvgIpc) is 3.72. The van der Waals surface area contributed by atoms with Gasteiger partial charge in [0.2, 0.25) is 0 Å². The van der Waals surface area contributed by atoms with Crippen molar-refractivity contribution in [2.75, 3.05) is 41.7 Å². The van der Waals surface area contributed by atoms with Gasteiger partial charge in [0.1, 0.15) is 29.8 Å². The van der Waals surface area contributed by atoms with E-state index < -0.39 is 46.0 Å². The molecule has 22 heteroatoms. The van der Waals surface area contributed by atoms with Crippen molar-refractivity contribution < 1.29 is 28.8 Å². The zero-order valence-electron chi connectivity index (χ0n) is 36.9. The zero-order valence-corrected chi connectivity index (χ0v) is 36.9. The SMILES string of the molecule is COc1cc2nc(CCn3c(=O)n4n(c3=O)[C@@H]3Cn5c(=O)n(CCc6nc7cc(OC)c(OC)cc7n(C)c6=O)c(=O)n5[C@@H](c5ccc(OCCO)cc5)C3=CC4)c(=O)n(C)c2cc1OC. The highest BCUT2D eigenvalue weighted by Crippen LogP contribution is 2.39. The van der Waals surface area contributed by atoms with E-state index in [4.69, 9.17) is 23.7 Å². The van der Waals surface area contributed by atoms with Crippen LogP contribution < -0.4 is 57.6 Å². The molecule has 22 nitrogen and oxygen atoms in total. The standard InChI is InChI=1S/C44H46N10O12/c1-47-31-21-36(64-5)34(62-3)19-29(31)45-27(39(47)56)12-14-49-41(58)51-16-11-26-33(53(51)43(49)60)23-52-42(59)50(44(61)54(52)38(26)24-7-9-25(10-8-24)66-18-17-55)15-13-28-40(57)48(2)32-22-37(65-6)35(63-4)20-30(32)46-28/h7-11,19-22,33,38,55H,12-18,23H2,1-6H3/t33-,38+/m1/s1. The predicted molar refractivity (Wildman–Crippen MR) is 238 cm³/mol. The first-order valence-electron chi connectivity index (χ1n) is 20.9. The van der Waals surface area contributed by atoms with Crippen LogP contribution in [0.25, 0.3) is 22.1 Å². The van der Waals surface area contributed by atoms with Crippen molar-refractivity contribution in [2.24, 2.45) is 14.1 Å². The van der Waals surface area contributed by atoms with Crippen molar-refractivity contribution >= 4 is 22.1 Å². The van der Waals surface area contributed by atoms with Crippen LogP contribution in [0.5, 0.6) is 28.7 Å². The van der Waals surface area contributed by atoms with Crippen molar-refractivity contribution in [3.05, 3.63) is 140 Å². The molecule has 2 aliphatic rings. The molecule has 9 rings (SSSR count). The molecule has 0 saturated carbocycles. The summed E-state index contributed by atoms with van der Waals surface area (Å²) in [6, 6.07) is 11.5. The predicted octanol–water partition coefficient (Wildman–Crippen LogP) is 0.105.